The molecule has 0 bridgehead atoms. The van der Waals surface area contributed by atoms with Gasteiger partial charge in [-0.15, -0.1) is 0 Å². The quantitative estimate of drug-likeness (QED) is 0.224. The van der Waals surface area contributed by atoms with E-state index < -0.39 is 0 Å². The van der Waals surface area contributed by atoms with E-state index in [-0.39, 0.29) is 5.41 Å². The van der Waals surface area contributed by atoms with Crippen molar-refractivity contribution < 1.29 is 0 Å². The minimum absolute atomic E-state index is 0.0731. The van der Waals surface area contributed by atoms with Crippen molar-refractivity contribution in [3.8, 4) is 16.8 Å². The summed E-state index contributed by atoms with van der Waals surface area (Å²) in [6.45, 7) is 6.97. The molecule has 37 heavy (non-hydrogen) atoms. The van der Waals surface area contributed by atoms with Crippen molar-refractivity contribution in [1.29, 1.82) is 0 Å². The van der Waals surface area contributed by atoms with Gasteiger partial charge in [0.1, 0.15) is 0 Å². The van der Waals surface area contributed by atoms with Crippen molar-refractivity contribution in [2.24, 2.45) is 0 Å². The molecule has 0 unspecified atom stereocenters. The fourth-order valence-corrected chi connectivity index (χ4v) is 6.84. The molecule has 1 aliphatic rings. The van der Waals surface area contributed by atoms with Crippen LogP contribution in [-0.4, -0.2) is 4.57 Å². The summed E-state index contributed by atoms with van der Waals surface area (Å²) < 4.78 is 2.53. The Morgan fingerprint density at radius 3 is 2.11 bits per heavy atom. The van der Waals surface area contributed by atoms with Crippen LogP contribution in [-0.2, 0) is 5.41 Å². The molecule has 0 fully saturated rings. The third kappa shape index (κ3) is 2.64. The number of nitrogens with zero attached hydrogens (tertiary/aromatic N) is 1. The van der Waals surface area contributed by atoms with Crippen LogP contribution < -0.4 is 0 Å². The van der Waals surface area contributed by atoms with E-state index in [1.165, 1.54) is 76.9 Å². The van der Waals surface area contributed by atoms with Crippen LogP contribution in [0, 0.1) is 6.92 Å². The molecule has 7 aromatic rings. The summed E-state index contributed by atoms with van der Waals surface area (Å²) in [5.74, 6) is 0. The summed E-state index contributed by atoms with van der Waals surface area (Å²) in [5, 5.41) is 7.78. The minimum atomic E-state index is -0.0731. The molecule has 1 heteroatoms. The van der Waals surface area contributed by atoms with Gasteiger partial charge < -0.3 is 4.57 Å². The predicted octanol–water partition coefficient (Wildman–Crippen LogP) is 9.70. The molecule has 1 aliphatic carbocycles. The zero-order valence-corrected chi connectivity index (χ0v) is 21.3. The number of para-hydroxylation sites is 1. The van der Waals surface area contributed by atoms with Crippen LogP contribution in [0.1, 0.15) is 30.5 Å². The van der Waals surface area contributed by atoms with E-state index in [1.54, 1.807) is 0 Å². The Balaban J connectivity index is 1.60. The summed E-state index contributed by atoms with van der Waals surface area (Å²) in [5.41, 5.74) is 10.6. The van der Waals surface area contributed by atoms with Crippen LogP contribution in [0.2, 0.25) is 0 Å². The van der Waals surface area contributed by atoms with E-state index >= 15 is 0 Å². The SMILES string of the molecule is Cc1ccc2c(c1)C(C)(C)c1cc(-n3c4ccccc4c4ccc5ccccc5c43)c3ccccc3c1-2. The Hall–Kier alpha value is -4.36. The maximum Gasteiger partial charge on any atom is 0.0619 e. The van der Waals surface area contributed by atoms with Gasteiger partial charge in [-0.25, -0.2) is 0 Å². The van der Waals surface area contributed by atoms with Gasteiger partial charge in [0, 0.05) is 27.0 Å². The molecule has 1 heterocycles. The van der Waals surface area contributed by atoms with Gasteiger partial charge in [0.15, 0.2) is 0 Å². The first-order valence-corrected chi connectivity index (χ1v) is 13.1. The van der Waals surface area contributed by atoms with Gasteiger partial charge in [0.25, 0.3) is 0 Å². The van der Waals surface area contributed by atoms with E-state index in [4.69, 9.17) is 0 Å². The van der Waals surface area contributed by atoms with E-state index in [0.717, 1.165) is 0 Å². The van der Waals surface area contributed by atoms with Crippen LogP contribution >= 0.6 is 0 Å². The zero-order chi connectivity index (χ0) is 24.9. The Morgan fingerprint density at radius 1 is 0.568 bits per heavy atom. The Bertz CT molecular complexity index is 2070. The summed E-state index contributed by atoms with van der Waals surface area (Å²) in [7, 11) is 0. The molecule has 0 atom stereocenters. The number of benzene rings is 6. The van der Waals surface area contributed by atoms with Crippen molar-refractivity contribution in [3.63, 3.8) is 0 Å². The summed E-state index contributed by atoms with van der Waals surface area (Å²) in [4.78, 5) is 0. The first kappa shape index (κ1) is 20.8. The van der Waals surface area contributed by atoms with Gasteiger partial charge in [-0.05, 0) is 52.1 Å². The van der Waals surface area contributed by atoms with Gasteiger partial charge in [-0.3, -0.25) is 0 Å². The lowest BCUT2D eigenvalue weighted by atomic mass is 9.81. The van der Waals surface area contributed by atoms with Gasteiger partial charge in [-0.1, -0.05) is 116 Å². The fraction of sp³-hybridized carbons (Fsp3) is 0.111. The van der Waals surface area contributed by atoms with Gasteiger partial charge in [-0.2, -0.15) is 0 Å². The summed E-state index contributed by atoms with van der Waals surface area (Å²) in [6, 6.07) is 40.6. The molecule has 0 amide bonds. The number of fused-ring (bicyclic) bond motifs is 10. The van der Waals surface area contributed by atoms with Crippen molar-refractivity contribution in [1.82, 2.24) is 4.57 Å². The highest BCUT2D eigenvalue weighted by molar-refractivity contribution is 6.19. The van der Waals surface area contributed by atoms with Crippen molar-refractivity contribution in [3.05, 3.63) is 126 Å². The Labute approximate surface area is 216 Å². The van der Waals surface area contributed by atoms with E-state index in [0.29, 0.717) is 0 Å². The lowest BCUT2D eigenvalue weighted by Gasteiger charge is -2.24. The minimum Gasteiger partial charge on any atom is -0.308 e. The first-order valence-electron chi connectivity index (χ1n) is 13.1. The number of aryl methyl sites for hydroxylation is 1. The van der Waals surface area contributed by atoms with Crippen molar-refractivity contribution >= 4 is 43.4 Å². The maximum absolute atomic E-state index is 2.53. The number of hydrogen-bond acceptors (Lipinski definition) is 0. The second-order valence-corrected chi connectivity index (χ2v) is 11.1. The molecule has 1 aromatic heterocycles. The Morgan fingerprint density at radius 2 is 1.27 bits per heavy atom. The normalized spacial score (nSPS) is 14.0. The van der Waals surface area contributed by atoms with E-state index in [9.17, 15) is 0 Å². The maximum atomic E-state index is 2.53. The van der Waals surface area contributed by atoms with E-state index in [2.05, 4.69) is 135 Å². The molecule has 6 aromatic carbocycles. The molecule has 0 radical (unpaired) electrons. The largest absolute Gasteiger partial charge is 0.308 e. The third-order valence-corrected chi connectivity index (χ3v) is 8.61. The van der Waals surface area contributed by atoms with Crippen LogP contribution in [0.3, 0.4) is 0 Å². The van der Waals surface area contributed by atoms with Gasteiger partial charge >= 0.3 is 0 Å². The summed E-state index contributed by atoms with van der Waals surface area (Å²) >= 11 is 0. The van der Waals surface area contributed by atoms with Crippen molar-refractivity contribution in [2.45, 2.75) is 26.2 Å². The lowest BCUT2D eigenvalue weighted by Crippen LogP contribution is -2.15. The highest BCUT2D eigenvalue weighted by atomic mass is 15.0. The second-order valence-electron chi connectivity index (χ2n) is 11.1. The molecular formula is C36H27N. The number of rotatable bonds is 1. The molecule has 176 valence electrons. The molecule has 0 saturated heterocycles. The van der Waals surface area contributed by atoms with Gasteiger partial charge in [0.05, 0.1) is 16.7 Å². The molecule has 0 N–H and O–H groups in total. The molecule has 1 nitrogen and oxygen atoms in total. The smallest absolute Gasteiger partial charge is 0.0619 e. The average molecular weight is 474 g/mol. The topological polar surface area (TPSA) is 4.93 Å². The fourth-order valence-electron chi connectivity index (χ4n) is 6.84. The summed E-state index contributed by atoms with van der Waals surface area (Å²) in [6.07, 6.45) is 0. The molecular weight excluding hydrogens is 446 g/mol. The second kappa shape index (κ2) is 7.11. The molecule has 8 rings (SSSR count). The van der Waals surface area contributed by atoms with Crippen LogP contribution in [0.4, 0.5) is 0 Å². The van der Waals surface area contributed by atoms with Gasteiger partial charge in [0.2, 0.25) is 0 Å². The van der Waals surface area contributed by atoms with Crippen LogP contribution in [0.25, 0.3) is 60.2 Å². The zero-order valence-electron chi connectivity index (χ0n) is 21.3. The average Bonchev–Trinajstić information content (AvgIpc) is 3.37. The van der Waals surface area contributed by atoms with Crippen LogP contribution in [0.15, 0.2) is 109 Å². The molecule has 0 spiro atoms. The number of aromatic nitrogens is 1. The third-order valence-electron chi connectivity index (χ3n) is 8.61. The Kier molecular flexibility index (Phi) is 4.00. The molecule has 0 aliphatic heterocycles. The standard InChI is InChI=1S/C36H27N/c1-22-16-18-29-30(20-22)36(2,3)31-21-33(25-12-6-7-14-27(25)34(29)31)37-32-15-9-8-13-26(32)28-19-17-23-10-4-5-11-24(23)35(28)37/h4-21H,1-3H3. The predicted molar refractivity (Wildman–Crippen MR) is 158 cm³/mol. The highest BCUT2D eigenvalue weighted by Gasteiger charge is 2.37. The van der Waals surface area contributed by atoms with Crippen LogP contribution in [0.5, 0.6) is 0 Å². The van der Waals surface area contributed by atoms with E-state index in [1.807, 2.05) is 0 Å². The number of hydrogen-bond donors (Lipinski definition) is 0. The molecule has 0 saturated carbocycles. The first-order chi connectivity index (χ1) is 18.0. The lowest BCUT2D eigenvalue weighted by molar-refractivity contribution is 0.660. The monoisotopic (exact) mass is 473 g/mol. The highest BCUT2D eigenvalue weighted by Crippen LogP contribution is 2.53. The van der Waals surface area contributed by atoms with Crippen molar-refractivity contribution in [2.75, 3.05) is 0 Å².